The highest BCUT2D eigenvalue weighted by atomic mass is 31.2. The number of anilines is 2. The first-order valence-electron chi connectivity index (χ1n) is 12.5. The number of nitrogens with zero attached hydrogens (tertiary/aromatic N) is 4. The molecule has 1 fully saturated rings. The molecule has 2 unspecified atom stereocenters. The molecule has 2 aromatic heterocycles. The Kier molecular flexibility index (Phi) is 8.61. The molecule has 1 saturated heterocycles. The summed E-state index contributed by atoms with van der Waals surface area (Å²) in [5.74, 6) is -0.243. The van der Waals surface area contributed by atoms with Gasteiger partial charge >= 0.3 is 13.7 Å². The van der Waals surface area contributed by atoms with Gasteiger partial charge < -0.3 is 30.2 Å². The monoisotopic (exact) mass is 581 g/mol. The molecule has 6 atom stereocenters. The van der Waals surface area contributed by atoms with Gasteiger partial charge in [-0.15, -0.1) is 0 Å². The van der Waals surface area contributed by atoms with Crippen LogP contribution < -0.4 is 20.7 Å². The molecule has 3 heterocycles. The van der Waals surface area contributed by atoms with E-state index in [1.54, 1.807) is 51.2 Å². The maximum atomic E-state index is 16.0. The average Bonchev–Trinajstić information content (AvgIpc) is 3.40. The molecule has 0 spiro atoms. The number of aliphatic hydroxyl groups excluding tert-OH is 1. The number of hydrogen-bond donors (Lipinski definition) is 4. The second-order valence-electron chi connectivity index (χ2n) is 9.66. The Labute approximate surface area is 230 Å². The van der Waals surface area contributed by atoms with Crippen molar-refractivity contribution in [3.05, 3.63) is 36.7 Å². The molecule has 4 rings (SSSR count). The predicted molar refractivity (Wildman–Crippen MR) is 143 cm³/mol. The number of ether oxygens (including phenoxy) is 2. The summed E-state index contributed by atoms with van der Waals surface area (Å²) in [7, 11) is -2.66. The van der Waals surface area contributed by atoms with Crippen LogP contribution in [0.1, 0.15) is 33.9 Å². The first-order chi connectivity index (χ1) is 18.8. The lowest BCUT2D eigenvalue weighted by Crippen LogP contribution is -2.41. The van der Waals surface area contributed by atoms with Crippen LogP contribution in [0.2, 0.25) is 0 Å². The quantitative estimate of drug-likeness (QED) is 0.191. The van der Waals surface area contributed by atoms with Crippen molar-refractivity contribution in [2.24, 2.45) is 0 Å². The summed E-state index contributed by atoms with van der Waals surface area (Å²) < 4.78 is 53.2. The molecule has 1 aliphatic rings. The van der Waals surface area contributed by atoms with Gasteiger partial charge in [0.2, 0.25) is 5.95 Å². The molecule has 0 bridgehead atoms. The summed E-state index contributed by atoms with van der Waals surface area (Å²) in [4.78, 5) is 24.8. The summed E-state index contributed by atoms with van der Waals surface area (Å²) in [5.41, 5.74) is 3.94. The fraction of sp³-hybridized carbons (Fsp3) is 0.500. The number of esters is 1. The summed E-state index contributed by atoms with van der Waals surface area (Å²) in [6.07, 6.45) is -3.52. The van der Waals surface area contributed by atoms with Crippen LogP contribution in [0.4, 0.5) is 16.2 Å². The fourth-order valence-corrected chi connectivity index (χ4v) is 5.64. The number of nitrogen functional groups attached to an aromatic ring is 1. The van der Waals surface area contributed by atoms with Gasteiger partial charge in [0.1, 0.15) is 24.0 Å². The number of rotatable bonds is 11. The SMILES string of the molecule is CNc1nc(N)nc2c1ncn2[C@@H]1OC(COP(=O)(N[C@@H](C)C(=O)OC(C)C)Oc2ccccc2)[C@@H](O)[C@@]1(C)F. The van der Waals surface area contributed by atoms with E-state index in [9.17, 15) is 14.5 Å². The van der Waals surface area contributed by atoms with E-state index in [1.165, 1.54) is 17.8 Å². The molecule has 16 heteroatoms. The highest BCUT2D eigenvalue weighted by molar-refractivity contribution is 7.52. The normalized spacial score (nSPS) is 25.1. The van der Waals surface area contributed by atoms with E-state index >= 15 is 4.39 Å². The molecule has 0 saturated carbocycles. The minimum absolute atomic E-state index is 0.0761. The number of aliphatic hydroxyl groups is 1. The molecule has 0 amide bonds. The van der Waals surface area contributed by atoms with Crippen molar-refractivity contribution in [1.82, 2.24) is 24.6 Å². The molecule has 0 aliphatic carbocycles. The minimum atomic E-state index is -4.28. The standard InChI is InChI=1S/C24H33FN7O7P/c1-13(2)37-21(34)14(3)31-40(35,39-15-9-7-6-8-10-15)36-11-16-18(33)24(4,25)22(38-16)32-12-28-17-19(27-5)29-23(26)30-20(17)32/h6-10,12-14,16,18,22,33H,11H2,1-5H3,(H,31,35)(H3,26,27,29,30)/t14-,16?,18+,22+,24+,40?/m0/s1. The number of carbonyl (C=O) groups is 1. The Balaban J connectivity index is 1.56. The van der Waals surface area contributed by atoms with Gasteiger partial charge in [-0.3, -0.25) is 13.9 Å². The molecule has 0 radical (unpaired) electrons. The van der Waals surface area contributed by atoms with E-state index < -0.39 is 56.6 Å². The number of imidazole rings is 1. The number of fused-ring (bicyclic) bond motifs is 1. The zero-order valence-electron chi connectivity index (χ0n) is 22.6. The zero-order chi connectivity index (χ0) is 29.2. The van der Waals surface area contributed by atoms with E-state index in [-0.39, 0.29) is 17.3 Å². The second kappa shape index (κ2) is 11.6. The number of nitrogens with two attached hydrogens (primary N) is 1. The third-order valence-electron chi connectivity index (χ3n) is 6.08. The largest absolute Gasteiger partial charge is 0.462 e. The Morgan fingerprint density at radius 1 is 1.30 bits per heavy atom. The van der Waals surface area contributed by atoms with Crippen molar-refractivity contribution >= 4 is 36.6 Å². The van der Waals surface area contributed by atoms with Gasteiger partial charge in [0, 0.05) is 7.05 Å². The number of para-hydroxylation sites is 1. The van der Waals surface area contributed by atoms with Crippen LogP contribution in [0, 0.1) is 0 Å². The lowest BCUT2D eigenvalue weighted by Gasteiger charge is -2.25. The van der Waals surface area contributed by atoms with Crippen molar-refractivity contribution in [1.29, 1.82) is 0 Å². The highest BCUT2D eigenvalue weighted by Crippen LogP contribution is 2.48. The lowest BCUT2D eigenvalue weighted by molar-refractivity contribution is -0.149. The number of nitrogens with one attached hydrogen (secondary N) is 2. The topological polar surface area (TPSA) is 185 Å². The van der Waals surface area contributed by atoms with Crippen LogP contribution in [0.25, 0.3) is 11.2 Å². The zero-order valence-corrected chi connectivity index (χ0v) is 23.5. The molecule has 14 nitrogen and oxygen atoms in total. The number of hydrogen-bond acceptors (Lipinski definition) is 12. The third-order valence-corrected chi connectivity index (χ3v) is 7.72. The number of benzene rings is 1. The van der Waals surface area contributed by atoms with Gasteiger partial charge in [0.25, 0.3) is 0 Å². The van der Waals surface area contributed by atoms with Gasteiger partial charge in [-0.25, -0.2) is 13.9 Å². The van der Waals surface area contributed by atoms with Crippen LogP contribution in [-0.2, 0) is 23.4 Å². The van der Waals surface area contributed by atoms with Gasteiger partial charge in [-0.05, 0) is 39.8 Å². The maximum absolute atomic E-state index is 16.0. The number of carbonyl (C=O) groups excluding carboxylic acids is 1. The van der Waals surface area contributed by atoms with Crippen LogP contribution in [-0.4, -0.2) is 74.3 Å². The van der Waals surface area contributed by atoms with E-state index in [0.29, 0.717) is 11.3 Å². The Bertz CT molecular complexity index is 1390. The lowest BCUT2D eigenvalue weighted by atomic mass is 9.98. The first kappa shape index (κ1) is 29.6. The number of halogens is 1. The third kappa shape index (κ3) is 6.18. The van der Waals surface area contributed by atoms with Gasteiger partial charge in [0.05, 0.1) is 19.0 Å². The summed E-state index contributed by atoms with van der Waals surface area (Å²) >= 11 is 0. The molecule has 40 heavy (non-hydrogen) atoms. The van der Waals surface area contributed by atoms with Crippen molar-refractivity contribution in [3.63, 3.8) is 0 Å². The van der Waals surface area contributed by atoms with E-state index in [1.807, 2.05) is 0 Å². The average molecular weight is 582 g/mol. The molecule has 218 valence electrons. The van der Waals surface area contributed by atoms with E-state index in [0.717, 1.165) is 6.92 Å². The molecular weight excluding hydrogens is 548 g/mol. The fourth-order valence-electron chi connectivity index (χ4n) is 4.14. The second-order valence-corrected chi connectivity index (χ2v) is 11.4. The predicted octanol–water partition coefficient (Wildman–Crippen LogP) is 2.57. The van der Waals surface area contributed by atoms with Crippen LogP contribution in [0.3, 0.4) is 0 Å². The maximum Gasteiger partial charge on any atom is 0.459 e. The van der Waals surface area contributed by atoms with Gasteiger partial charge in [-0.2, -0.15) is 15.1 Å². The van der Waals surface area contributed by atoms with Crippen molar-refractivity contribution in [2.45, 2.75) is 63.9 Å². The van der Waals surface area contributed by atoms with E-state index in [4.69, 9.17) is 24.3 Å². The number of alkyl halides is 1. The Hall–Kier alpha value is -3.36. The summed E-state index contributed by atoms with van der Waals surface area (Å²) in [5, 5.41) is 16.2. The Morgan fingerprint density at radius 3 is 2.65 bits per heavy atom. The van der Waals surface area contributed by atoms with E-state index in [2.05, 4.69) is 25.4 Å². The minimum Gasteiger partial charge on any atom is -0.462 e. The molecule has 5 N–H and O–H groups in total. The van der Waals surface area contributed by atoms with Crippen LogP contribution in [0.5, 0.6) is 5.75 Å². The first-order valence-corrected chi connectivity index (χ1v) is 14.1. The summed E-state index contributed by atoms with van der Waals surface area (Å²) in [6.45, 7) is 5.37. The van der Waals surface area contributed by atoms with Crippen molar-refractivity contribution < 1.29 is 37.4 Å². The van der Waals surface area contributed by atoms with Gasteiger partial charge in [-0.1, -0.05) is 18.2 Å². The molecule has 3 aromatic rings. The Morgan fingerprint density at radius 2 is 2.00 bits per heavy atom. The number of aromatic nitrogens is 4. The van der Waals surface area contributed by atoms with Crippen LogP contribution >= 0.6 is 7.75 Å². The molecule has 1 aromatic carbocycles. The summed E-state index contributed by atoms with van der Waals surface area (Å²) in [6, 6.07) is 7.05. The highest BCUT2D eigenvalue weighted by Gasteiger charge is 2.56. The van der Waals surface area contributed by atoms with Crippen molar-refractivity contribution in [3.8, 4) is 5.75 Å². The van der Waals surface area contributed by atoms with Crippen LogP contribution in [0.15, 0.2) is 36.7 Å². The van der Waals surface area contributed by atoms with Gasteiger partial charge in [0.15, 0.2) is 28.9 Å². The molecular formula is C24H33FN7O7P. The molecule has 1 aliphatic heterocycles. The smallest absolute Gasteiger partial charge is 0.459 e. The van der Waals surface area contributed by atoms with Crippen molar-refractivity contribution in [2.75, 3.05) is 24.7 Å².